The van der Waals surface area contributed by atoms with Gasteiger partial charge in [0, 0.05) is 5.02 Å². The van der Waals surface area contributed by atoms with Crippen molar-refractivity contribution >= 4 is 17.9 Å². The zero-order chi connectivity index (χ0) is 41.4. The van der Waals surface area contributed by atoms with Gasteiger partial charge >= 0.3 is 0 Å². The van der Waals surface area contributed by atoms with Crippen LogP contribution in [0.3, 0.4) is 0 Å². The minimum Gasteiger partial charge on any atom is -0.374 e. The number of aryl methyl sites for hydroxylation is 1. The molecule has 5 unspecified atom stereocenters. The molecule has 0 amide bonds. The topological polar surface area (TPSA) is 72.5 Å². The minimum absolute atomic E-state index is 0.0593. The Hall–Kier alpha value is -4.96. The third kappa shape index (κ3) is 12.1. The Morgan fingerprint density at radius 3 is 1.57 bits per heavy atom. The van der Waals surface area contributed by atoms with Gasteiger partial charge < -0.3 is 33.2 Å². The van der Waals surface area contributed by atoms with E-state index in [-0.39, 0.29) is 19.8 Å². The van der Waals surface area contributed by atoms with Crippen LogP contribution in [-0.2, 0) is 79.1 Å². The van der Waals surface area contributed by atoms with Crippen LogP contribution < -0.4 is 0 Å². The van der Waals surface area contributed by atoms with Crippen molar-refractivity contribution in [2.24, 2.45) is 0 Å². The molecule has 0 aliphatic carbocycles. The van der Waals surface area contributed by atoms with Gasteiger partial charge in [-0.05, 0) is 69.0 Å². The van der Waals surface area contributed by atoms with Crippen LogP contribution in [0.1, 0.15) is 63.1 Å². The van der Waals surface area contributed by atoms with Crippen molar-refractivity contribution in [3.63, 3.8) is 0 Å². The maximum Gasteiger partial charge on any atom is 0.145 e. The molecule has 0 N–H and O–H groups in total. The van der Waals surface area contributed by atoms with Crippen LogP contribution in [0.25, 0.3) is 0 Å². The number of rotatable bonds is 21. The molecule has 1 fully saturated rings. The fourth-order valence-corrected chi connectivity index (χ4v) is 7.83. The van der Waals surface area contributed by atoms with Crippen molar-refractivity contribution in [3.05, 3.63) is 213 Å². The number of carbonyl (C=O) groups is 1. The van der Waals surface area contributed by atoms with Crippen LogP contribution in [0.5, 0.6) is 0 Å². The SMILES string of the molecule is CCc1ccc(Cc2cc(C3OC(COCc4ccccc4)C(OCc4ccccc4)C(OCc4ccccc4)C3OCc3ccccc3)c(COCC=O)cc2Cl)cc1. The summed E-state index contributed by atoms with van der Waals surface area (Å²) >= 11 is 7.10. The van der Waals surface area contributed by atoms with E-state index in [0.29, 0.717) is 37.9 Å². The van der Waals surface area contributed by atoms with Crippen LogP contribution in [-0.4, -0.2) is 43.9 Å². The standard InChI is InChI=1S/C52H53ClO7/c1-2-38-23-25-39(26-24-38)29-44-30-46(45(31-47(44)53)36-55-28-27-54)49-51(58-34-42-19-11-5-12-20-42)52(59-35-43-21-13-6-14-22-43)50(57-33-41-17-9-4-10-18-41)48(60-49)37-56-32-40-15-7-3-8-16-40/h3-27,30-31,48-52H,2,28-29,32-37H2,1H3. The fourth-order valence-electron chi connectivity index (χ4n) is 7.57. The lowest BCUT2D eigenvalue weighted by Gasteiger charge is -2.47. The van der Waals surface area contributed by atoms with E-state index in [1.165, 1.54) is 5.56 Å². The molecule has 60 heavy (non-hydrogen) atoms. The maximum absolute atomic E-state index is 11.5. The zero-order valence-corrected chi connectivity index (χ0v) is 34.8. The van der Waals surface area contributed by atoms with Gasteiger partial charge in [-0.2, -0.15) is 0 Å². The average Bonchev–Trinajstić information content (AvgIpc) is 3.29. The first-order valence-corrected chi connectivity index (χ1v) is 21.1. The van der Waals surface area contributed by atoms with Gasteiger partial charge in [0.1, 0.15) is 43.4 Å². The van der Waals surface area contributed by atoms with E-state index in [9.17, 15) is 4.79 Å². The fraction of sp³-hybridized carbons (Fsp3) is 0.288. The number of halogens is 1. The Balaban J connectivity index is 1.32. The van der Waals surface area contributed by atoms with E-state index in [2.05, 4.69) is 49.4 Å². The molecule has 5 atom stereocenters. The summed E-state index contributed by atoms with van der Waals surface area (Å²) in [5, 5.41) is 0.601. The van der Waals surface area contributed by atoms with Gasteiger partial charge in [0.2, 0.25) is 0 Å². The van der Waals surface area contributed by atoms with Crippen LogP contribution in [0, 0.1) is 0 Å². The number of carbonyl (C=O) groups excluding carboxylic acids is 1. The highest BCUT2D eigenvalue weighted by Crippen LogP contribution is 2.41. The third-order valence-electron chi connectivity index (χ3n) is 10.8. The van der Waals surface area contributed by atoms with Crippen molar-refractivity contribution in [1.29, 1.82) is 0 Å². The predicted octanol–water partition coefficient (Wildman–Crippen LogP) is 10.6. The number of hydrogen-bond acceptors (Lipinski definition) is 7. The third-order valence-corrected chi connectivity index (χ3v) is 11.1. The Morgan fingerprint density at radius 1 is 0.533 bits per heavy atom. The van der Waals surface area contributed by atoms with Gasteiger partial charge in [-0.15, -0.1) is 0 Å². The molecule has 6 aromatic rings. The van der Waals surface area contributed by atoms with Crippen molar-refractivity contribution in [2.45, 2.75) is 83.3 Å². The Bertz CT molecular complexity index is 2170. The lowest BCUT2D eigenvalue weighted by atomic mass is 9.87. The first-order chi connectivity index (χ1) is 29.6. The molecule has 1 heterocycles. The van der Waals surface area contributed by atoms with E-state index in [4.69, 9.17) is 40.0 Å². The molecule has 0 saturated carbocycles. The average molecular weight is 825 g/mol. The number of aldehydes is 1. The van der Waals surface area contributed by atoms with Crippen LogP contribution >= 0.6 is 11.6 Å². The Kier molecular flexibility index (Phi) is 16.2. The molecule has 0 bridgehead atoms. The molecule has 1 aliphatic heterocycles. The van der Waals surface area contributed by atoms with E-state index in [1.807, 2.05) is 115 Å². The molecular weight excluding hydrogens is 772 g/mol. The molecule has 0 spiro atoms. The van der Waals surface area contributed by atoms with Crippen molar-refractivity contribution < 1.29 is 33.2 Å². The predicted molar refractivity (Wildman–Crippen MR) is 235 cm³/mol. The maximum atomic E-state index is 11.5. The molecule has 7 rings (SSSR count). The van der Waals surface area contributed by atoms with Gasteiger partial charge in [0.25, 0.3) is 0 Å². The van der Waals surface area contributed by atoms with Crippen LogP contribution in [0.2, 0.25) is 5.02 Å². The van der Waals surface area contributed by atoms with Gasteiger partial charge in [0.15, 0.2) is 0 Å². The molecule has 8 heteroatoms. The highest BCUT2D eigenvalue weighted by Gasteiger charge is 2.49. The van der Waals surface area contributed by atoms with Crippen molar-refractivity contribution in [1.82, 2.24) is 0 Å². The molecule has 0 aromatic heterocycles. The van der Waals surface area contributed by atoms with Gasteiger partial charge in [0.05, 0.1) is 39.6 Å². The molecule has 1 saturated heterocycles. The largest absolute Gasteiger partial charge is 0.374 e. The van der Waals surface area contributed by atoms with Gasteiger partial charge in [-0.1, -0.05) is 170 Å². The lowest BCUT2D eigenvalue weighted by Crippen LogP contribution is -2.58. The summed E-state index contributed by atoms with van der Waals surface area (Å²) in [5.41, 5.74) is 9.08. The number of ether oxygens (including phenoxy) is 6. The Labute approximate surface area is 359 Å². The van der Waals surface area contributed by atoms with Crippen molar-refractivity contribution in [3.8, 4) is 0 Å². The molecule has 1 aliphatic rings. The van der Waals surface area contributed by atoms with E-state index in [1.54, 1.807) is 0 Å². The summed E-state index contributed by atoms with van der Waals surface area (Å²) in [6, 6.07) is 53.1. The van der Waals surface area contributed by atoms with Crippen LogP contribution in [0.4, 0.5) is 0 Å². The van der Waals surface area contributed by atoms with Gasteiger partial charge in [-0.3, -0.25) is 0 Å². The number of benzene rings is 6. The van der Waals surface area contributed by atoms with Gasteiger partial charge in [-0.25, -0.2) is 0 Å². The molecule has 6 aromatic carbocycles. The molecule has 310 valence electrons. The van der Waals surface area contributed by atoms with E-state index in [0.717, 1.165) is 57.2 Å². The first-order valence-electron chi connectivity index (χ1n) is 20.7. The molecule has 7 nitrogen and oxygen atoms in total. The normalized spacial score (nSPS) is 18.9. The highest BCUT2D eigenvalue weighted by molar-refractivity contribution is 6.31. The minimum atomic E-state index is -0.676. The highest BCUT2D eigenvalue weighted by atomic mass is 35.5. The first kappa shape index (κ1) is 43.1. The summed E-state index contributed by atoms with van der Waals surface area (Å²) in [4.78, 5) is 11.5. The quantitative estimate of drug-likeness (QED) is 0.0529. The monoisotopic (exact) mass is 824 g/mol. The van der Waals surface area contributed by atoms with Crippen LogP contribution in [0.15, 0.2) is 158 Å². The second-order valence-corrected chi connectivity index (χ2v) is 15.5. The smallest absolute Gasteiger partial charge is 0.145 e. The summed E-state index contributed by atoms with van der Waals surface area (Å²) in [5.74, 6) is 0. The number of hydrogen-bond donors (Lipinski definition) is 0. The molecule has 0 radical (unpaired) electrons. The van der Waals surface area contributed by atoms with E-state index < -0.39 is 30.5 Å². The molecular formula is C52H53ClO7. The Morgan fingerprint density at radius 2 is 1.03 bits per heavy atom. The lowest BCUT2D eigenvalue weighted by molar-refractivity contribution is -0.275. The summed E-state index contributed by atoms with van der Waals surface area (Å²) in [7, 11) is 0. The second-order valence-electron chi connectivity index (χ2n) is 15.1. The van der Waals surface area contributed by atoms with E-state index >= 15 is 0 Å². The summed E-state index contributed by atoms with van der Waals surface area (Å²) < 4.78 is 40.6. The summed E-state index contributed by atoms with van der Waals surface area (Å²) in [6.07, 6.45) is -0.818. The second kappa shape index (κ2) is 22.6. The van der Waals surface area contributed by atoms with Crippen molar-refractivity contribution in [2.75, 3.05) is 13.2 Å². The summed E-state index contributed by atoms with van der Waals surface area (Å²) in [6.45, 7) is 3.81. The zero-order valence-electron chi connectivity index (χ0n) is 34.1.